The van der Waals surface area contributed by atoms with Crippen molar-refractivity contribution in [2.75, 3.05) is 6.54 Å². The summed E-state index contributed by atoms with van der Waals surface area (Å²) in [6.07, 6.45) is 6.40. The van der Waals surface area contributed by atoms with E-state index < -0.39 is 6.10 Å². The Hall–Kier alpha value is -1.99. The summed E-state index contributed by atoms with van der Waals surface area (Å²) in [4.78, 5) is 11.6. The summed E-state index contributed by atoms with van der Waals surface area (Å²) < 4.78 is 5.55. The summed E-state index contributed by atoms with van der Waals surface area (Å²) in [6, 6.07) is 7.90. The molecule has 1 rings (SSSR count). The highest BCUT2D eigenvalue weighted by molar-refractivity contribution is 5.80. The summed E-state index contributed by atoms with van der Waals surface area (Å²) in [5, 5.41) is 2.58. The summed E-state index contributed by atoms with van der Waals surface area (Å²) in [5.74, 6) is 2.80. The van der Waals surface area contributed by atoms with Gasteiger partial charge >= 0.3 is 0 Å². The fourth-order valence-corrected chi connectivity index (χ4v) is 1.67. The quantitative estimate of drug-likeness (QED) is 0.740. The first-order valence-corrected chi connectivity index (χ1v) is 6.75. The third kappa shape index (κ3) is 5.77. The van der Waals surface area contributed by atoms with E-state index in [1.54, 1.807) is 6.92 Å². The number of carbonyl (C=O) groups excluding carboxylic acids is 1. The monoisotopic (exact) mass is 274 g/mol. The topological polar surface area (TPSA) is 64.3 Å². The molecule has 4 heteroatoms. The Morgan fingerprint density at radius 3 is 2.60 bits per heavy atom. The number of hydrogen-bond acceptors (Lipinski definition) is 3. The Morgan fingerprint density at radius 1 is 1.40 bits per heavy atom. The summed E-state index contributed by atoms with van der Waals surface area (Å²) in [5.41, 5.74) is 6.93. The molecular formula is C16H22N2O2. The molecule has 0 aromatic heterocycles. The molecule has 0 saturated heterocycles. The number of rotatable bonds is 7. The average Bonchev–Trinajstić information content (AvgIpc) is 2.43. The number of benzene rings is 1. The van der Waals surface area contributed by atoms with Crippen LogP contribution >= 0.6 is 0 Å². The molecule has 1 amide bonds. The van der Waals surface area contributed by atoms with Gasteiger partial charge in [-0.05, 0) is 44.4 Å². The van der Waals surface area contributed by atoms with Crippen LogP contribution in [-0.2, 0) is 11.2 Å². The number of aryl methyl sites for hydroxylation is 1. The van der Waals surface area contributed by atoms with E-state index in [9.17, 15) is 4.79 Å². The molecule has 3 N–H and O–H groups in total. The normalized spacial score (nSPS) is 13.1. The van der Waals surface area contributed by atoms with Crippen LogP contribution in [0.3, 0.4) is 0 Å². The van der Waals surface area contributed by atoms with Crippen molar-refractivity contribution in [3.8, 4) is 18.1 Å². The van der Waals surface area contributed by atoms with Gasteiger partial charge in [0.05, 0.1) is 6.54 Å². The fourth-order valence-electron chi connectivity index (χ4n) is 1.67. The fraction of sp³-hybridized carbons (Fsp3) is 0.438. The van der Waals surface area contributed by atoms with Crippen molar-refractivity contribution < 1.29 is 9.53 Å². The Bertz CT molecular complexity index is 460. The van der Waals surface area contributed by atoms with Crippen molar-refractivity contribution >= 4 is 5.91 Å². The first-order chi connectivity index (χ1) is 9.52. The number of ether oxygens (including phenoxy) is 1. The van der Waals surface area contributed by atoms with Crippen LogP contribution in [0, 0.1) is 12.3 Å². The van der Waals surface area contributed by atoms with Crippen molar-refractivity contribution in [1.82, 2.24) is 5.32 Å². The highest BCUT2D eigenvalue weighted by atomic mass is 16.5. The lowest BCUT2D eigenvalue weighted by molar-refractivity contribution is -0.126. The van der Waals surface area contributed by atoms with Gasteiger partial charge in [-0.15, -0.1) is 6.42 Å². The summed E-state index contributed by atoms with van der Waals surface area (Å²) in [7, 11) is 0. The molecule has 0 saturated carbocycles. The van der Waals surface area contributed by atoms with Crippen molar-refractivity contribution in [3.05, 3.63) is 29.8 Å². The molecule has 0 aliphatic rings. The number of nitrogens with two attached hydrogens (primary N) is 1. The molecule has 0 radical (unpaired) electrons. The predicted molar refractivity (Wildman–Crippen MR) is 80.3 cm³/mol. The van der Waals surface area contributed by atoms with Gasteiger partial charge in [-0.3, -0.25) is 4.79 Å². The predicted octanol–water partition coefficient (Wildman–Crippen LogP) is 1.48. The van der Waals surface area contributed by atoms with E-state index in [0.29, 0.717) is 5.75 Å². The zero-order valence-electron chi connectivity index (χ0n) is 12.1. The molecular weight excluding hydrogens is 252 g/mol. The van der Waals surface area contributed by atoms with E-state index in [0.717, 1.165) is 12.8 Å². The third-order valence-corrected chi connectivity index (χ3v) is 2.86. The first-order valence-electron chi connectivity index (χ1n) is 6.75. The Morgan fingerprint density at radius 2 is 2.05 bits per heavy atom. The van der Waals surface area contributed by atoms with Gasteiger partial charge in [-0.25, -0.2) is 0 Å². The first kappa shape index (κ1) is 16.1. The van der Waals surface area contributed by atoms with Crippen molar-refractivity contribution in [1.29, 1.82) is 0 Å². The van der Waals surface area contributed by atoms with Gasteiger partial charge < -0.3 is 15.8 Å². The van der Waals surface area contributed by atoms with E-state index in [4.69, 9.17) is 16.9 Å². The number of amides is 1. The molecule has 0 aliphatic carbocycles. The van der Waals surface area contributed by atoms with Gasteiger partial charge in [0, 0.05) is 6.04 Å². The second-order valence-electron chi connectivity index (χ2n) is 4.84. The smallest absolute Gasteiger partial charge is 0.261 e. The van der Waals surface area contributed by atoms with E-state index in [2.05, 4.69) is 11.2 Å². The number of hydrogen-bond donors (Lipinski definition) is 2. The van der Waals surface area contributed by atoms with Gasteiger partial charge in [0.15, 0.2) is 6.10 Å². The van der Waals surface area contributed by atoms with Gasteiger partial charge in [0.1, 0.15) is 5.75 Å². The zero-order chi connectivity index (χ0) is 15.0. The standard InChI is InChI=1S/C16H22N2O2/c1-4-11-18-16(19)13(3)20-15-9-7-14(8-10-15)6-5-12(2)17/h1,7-10,12-13H,5-6,11,17H2,2-3H3,(H,18,19). The van der Waals surface area contributed by atoms with Crippen LogP contribution in [0.5, 0.6) is 5.75 Å². The van der Waals surface area contributed by atoms with Gasteiger partial charge in [0.2, 0.25) is 0 Å². The van der Waals surface area contributed by atoms with Crippen LogP contribution in [0.4, 0.5) is 0 Å². The minimum absolute atomic E-state index is 0.200. The maximum absolute atomic E-state index is 11.6. The molecule has 0 heterocycles. The van der Waals surface area contributed by atoms with E-state index in [-0.39, 0.29) is 18.5 Å². The molecule has 1 aromatic rings. The third-order valence-electron chi connectivity index (χ3n) is 2.86. The van der Waals surface area contributed by atoms with Gasteiger partial charge in [-0.1, -0.05) is 18.1 Å². The molecule has 0 spiro atoms. The van der Waals surface area contributed by atoms with Crippen LogP contribution in [0.2, 0.25) is 0 Å². The van der Waals surface area contributed by atoms with E-state index in [1.165, 1.54) is 5.56 Å². The van der Waals surface area contributed by atoms with Crippen LogP contribution in [0.1, 0.15) is 25.8 Å². The van der Waals surface area contributed by atoms with Crippen molar-refractivity contribution in [3.63, 3.8) is 0 Å². The highest BCUT2D eigenvalue weighted by Gasteiger charge is 2.13. The van der Waals surface area contributed by atoms with Crippen LogP contribution in [0.25, 0.3) is 0 Å². The zero-order valence-corrected chi connectivity index (χ0v) is 12.1. The van der Waals surface area contributed by atoms with Crippen molar-refractivity contribution in [2.24, 2.45) is 5.73 Å². The van der Waals surface area contributed by atoms with Crippen LogP contribution in [-0.4, -0.2) is 24.6 Å². The van der Waals surface area contributed by atoms with E-state index >= 15 is 0 Å². The molecule has 2 atom stereocenters. The molecule has 0 bridgehead atoms. The Kier molecular flexibility index (Phi) is 6.61. The molecule has 20 heavy (non-hydrogen) atoms. The molecule has 108 valence electrons. The minimum atomic E-state index is -0.571. The molecule has 0 fully saturated rings. The lowest BCUT2D eigenvalue weighted by Crippen LogP contribution is -2.36. The minimum Gasteiger partial charge on any atom is -0.481 e. The second-order valence-corrected chi connectivity index (χ2v) is 4.84. The van der Waals surface area contributed by atoms with Crippen LogP contribution < -0.4 is 15.8 Å². The number of terminal acetylenes is 1. The lowest BCUT2D eigenvalue weighted by Gasteiger charge is -2.14. The van der Waals surface area contributed by atoms with Crippen LogP contribution in [0.15, 0.2) is 24.3 Å². The SMILES string of the molecule is C#CCNC(=O)C(C)Oc1ccc(CCC(C)N)cc1. The largest absolute Gasteiger partial charge is 0.481 e. The molecule has 2 unspecified atom stereocenters. The maximum atomic E-state index is 11.6. The number of nitrogens with one attached hydrogen (secondary N) is 1. The molecule has 0 aliphatic heterocycles. The average molecular weight is 274 g/mol. The second kappa shape index (κ2) is 8.23. The Balaban J connectivity index is 2.48. The summed E-state index contributed by atoms with van der Waals surface area (Å²) in [6.45, 7) is 3.90. The highest BCUT2D eigenvalue weighted by Crippen LogP contribution is 2.15. The lowest BCUT2D eigenvalue weighted by atomic mass is 10.1. The number of carbonyl (C=O) groups is 1. The maximum Gasteiger partial charge on any atom is 0.261 e. The molecule has 4 nitrogen and oxygen atoms in total. The Labute approximate surface area is 120 Å². The van der Waals surface area contributed by atoms with Gasteiger partial charge in [-0.2, -0.15) is 0 Å². The van der Waals surface area contributed by atoms with E-state index in [1.807, 2.05) is 31.2 Å². The molecule has 1 aromatic carbocycles. The van der Waals surface area contributed by atoms with Gasteiger partial charge in [0.25, 0.3) is 5.91 Å². The van der Waals surface area contributed by atoms with Crippen molar-refractivity contribution in [2.45, 2.75) is 38.8 Å². The summed E-state index contributed by atoms with van der Waals surface area (Å²) >= 11 is 0.